The molecule has 0 saturated carbocycles. The molecule has 5 aromatic rings. The van der Waals surface area contributed by atoms with Gasteiger partial charge in [-0.3, -0.25) is 9.69 Å². The number of amides is 1. The summed E-state index contributed by atoms with van der Waals surface area (Å²) in [5.74, 6) is -0.226. The number of amidine groups is 1. The lowest BCUT2D eigenvalue weighted by Gasteiger charge is -2.18. The molecule has 0 unspecified atom stereocenters. The SMILES string of the molecule is COC(=O)c1ccc(N2C(=O)/C(=C/c3cn(-c4ccccc4)nc3-c3ccccc3)N=C2c2ccccc2)cc1. The fourth-order valence-corrected chi connectivity index (χ4v) is 4.58. The Morgan fingerprint density at radius 1 is 0.750 bits per heavy atom. The molecule has 0 atom stereocenters. The maximum absolute atomic E-state index is 13.9. The number of hydrogen-bond acceptors (Lipinski definition) is 5. The summed E-state index contributed by atoms with van der Waals surface area (Å²) in [7, 11) is 1.33. The molecule has 194 valence electrons. The van der Waals surface area contributed by atoms with Crippen molar-refractivity contribution in [3.63, 3.8) is 0 Å². The van der Waals surface area contributed by atoms with E-state index in [4.69, 9.17) is 14.8 Å². The summed E-state index contributed by atoms with van der Waals surface area (Å²) < 4.78 is 6.62. The van der Waals surface area contributed by atoms with Gasteiger partial charge in [0.15, 0.2) is 0 Å². The van der Waals surface area contributed by atoms with E-state index in [1.165, 1.54) is 7.11 Å². The van der Waals surface area contributed by atoms with Crippen LogP contribution >= 0.6 is 0 Å². The number of rotatable bonds is 6. The second-order valence-electron chi connectivity index (χ2n) is 9.09. The van der Waals surface area contributed by atoms with Crippen molar-refractivity contribution in [3.05, 3.63) is 144 Å². The Labute approximate surface area is 231 Å². The van der Waals surface area contributed by atoms with Crippen molar-refractivity contribution < 1.29 is 14.3 Å². The van der Waals surface area contributed by atoms with Crippen LogP contribution in [0.2, 0.25) is 0 Å². The highest BCUT2D eigenvalue weighted by Gasteiger charge is 2.33. The van der Waals surface area contributed by atoms with E-state index < -0.39 is 5.97 Å². The molecule has 1 amide bonds. The normalized spacial score (nSPS) is 13.9. The fraction of sp³-hybridized carbons (Fsp3) is 0.0303. The van der Waals surface area contributed by atoms with Gasteiger partial charge in [-0.25, -0.2) is 14.5 Å². The molecule has 1 aromatic heterocycles. The van der Waals surface area contributed by atoms with Crippen LogP contribution in [0.4, 0.5) is 5.69 Å². The van der Waals surface area contributed by atoms with E-state index in [0.717, 1.165) is 28.1 Å². The molecule has 40 heavy (non-hydrogen) atoms. The number of hydrogen-bond donors (Lipinski definition) is 0. The Morgan fingerprint density at radius 2 is 1.35 bits per heavy atom. The second kappa shape index (κ2) is 10.7. The van der Waals surface area contributed by atoms with E-state index >= 15 is 0 Å². The molecule has 7 nitrogen and oxygen atoms in total. The summed E-state index contributed by atoms with van der Waals surface area (Å²) in [4.78, 5) is 32.2. The number of nitrogens with zero attached hydrogens (tertiary/aromatic N) is 4. The number of methoxy groups -OCH3 is 1. The number of benzene rings is 4. The minimum absolute atomic E-state index is 0.278. The summed E-state index contributed by atoms with van der Waals surface area (Å²) in [5, 5.41) is 4.86. The van der Waals surface area contributed by atoms with E-state index in [1.54, 1.807) is 39.9 Å². The molecule has 1 aliphatic heterocycles. The summed E-state index contributed by atoms with van der Waals surface area (Å²) in [6, 6.07) is 35.9. The van der Waals surface area contributed by atoms with Crippen molar-refractivity contribution in [3.8, 4) is 16.9 Å². The topological polar surface area (TPSA) is 76.8 Å². The van der Waals surface area contributed by atoms with E-state index in [9.17, 15) is 9.59 Å². The van der Waals surface area contributed by atoms with Crippen molar-refractivity contribution in [1.82, 2.24) is 9.78 Å². The number of ether oxygens (including phenoxy) is 1. The van der Waals surface area contributed by atoms with Crippen LogP contribution in [0.15, 0.2) is 132 Å². The van der Waals surface area contributed by atoms with Crippen LogP contribution in [0.3, 0.4) is 0 Å². The number of para-hydroxylation sites is 1. The third kappa shape index (κ3) is 4.72. The Kier molecular flexibility index (Phi) is 6.60. The monoisotopic (exact) mass is 524 g/mol. The largest absolute Gasteiger partial charge is 0.465 e. The van der Waals surface area contributed by atoms with Gasteiger partial charge in [0.2, 0.25) is 0 Å². The van der Waals surface area contributed by atoms with Gasteiger partial charge in [-0.2, -0.15) is 5.10 Å². The molecule has 0 bridgehead atoms. The number of esters is 1. The van der Waals surface area contributed by atoms with Gasteiger partial charge in [-0.15, -0.1) is 0 Å². The van der Waals surface area contributed by atoms with Crippen LogP contribution in [0.25, 0.3) is 23.0 Å². The van der Waals surface area contributed by atoms with Crippen LogP contribution in [0, 0.1) is 0 Å². The maximum Gasteiger partial charge on any atom is 0.337 e. The average molecular weight is 525 g/mol. The zero-order chi connectivity index (χ0) is 27.5. The first kappa shape index (κ1) is 24.8. The van der Waals surface area contributed by atoms with Crippen LogP contribution < -0.4 is 4.90 Å². The van der Waals surface area contributed by atoms with Crippen LogP contribution in [-0.2, 0) is 9.53 Å². The smallest absolute Gasteiger partial charge is 0.337 e. The first-order chi connectivity index (χ1) is 19.6. The minimum atomic E-state index is -0.444. The molecule has 0 radical (unpaired) electrons. The van der Waals surface area contributed by atoms with Crippen LogP contribution in [0.1, 0.15) is 21.5 Å². The third-order valence-electron chi connectivity index (χ3n) is 6.54. The molecule has 4 aromatic carbocycles. The van der Waals surface area contributed by atoms with E-state index in [0.29, 0.717) is 17.1 Å². The number of carbonyl (C=O) groups excluding carboxylic acids is 2. The van der Waals surface area contributed by atoms with Gasteiger partial charge in [-0.1, -0.05) is 78.9 Å². The first-order valence-electron chi connectivity index (χ1n) is 12.7. The molecular weight excluding hydrogens is 500 g/mol. The lowest BCUT2D eigenvalue weighted by molar-refractivity contribution is -0.113. The summed E-state index contributed by atoms with van der Waals surface area (Å²) in [6.07, 6.45) is 3.69. The Balaban J connectivity index is 1.47. The van der Waals surface area contributed by atoms with Gasteiger partial charge in [-0.05, 0) is 42.5 Å². The van der Waals surface area contributed by atoms with Crippen LogP contribution in [-0.4, -0.2) is 34.6 Å². The molecule has 1 aliphatic rings. The first-order valence-corrected chi connectivity index (χ1v) is 12.7. The van der Waals surface area contributed by atoms with E-state index in [-0.39, 0.29) is 11.6 Å². The van der Waals surface area contributed by atoms with Crippen molar-refractivity contribution in [2.24, 2.45) is 4.99 Å². The molecule has 7 heteroatoms. The lowest BCUT2D eigenvalue weighted by atomic mass is 10.1. The van der Waals surface area contributed by atoms with Gasteiger partial charge in [0, 0.05) is 22.9 Å². The lowest BCUT2D eigenvalue weighted by Crippen LogP contribution is -2.32. The standard InChI is InChI=1S/C33H24N4O3/c1-40-33(39)25-17-19-28(20-18-25)37-31(24-13-7-3-8-14-24)34-29(32(37)38)21-26-22-36(27-15-9-4-10-16-27)35-30(26)23-11-5-2-6-12-23/h2-22H,1H3/b29-21-. The summed E-state index contributed by atoms with van der Waals surface area (Å²) in [6.45, 7) is 0. The maximum atomic E-state index is 13.9. The van der Waals surface area contributed by atoms with Crippen molar-refractivity contribution in [1.29, 1.82) is 0 Å². The van der Waals surface area contributed by atoms with Crippen molar-refractivity contribution >= 4 is 29.5 Å². The Hall–Kier alpha value is -5.56. The number of aromatic nitrogens is 2. The van der Waals surface area contributed by atoms with Gasteiger partial charge in [0.1, 0.15) is 17.2 Å². The highest BCUT2D eigenvalue weighted by atomic mass is 16.5. The molecule has 0 saturated heterocycles. The molecule has 0 N–H and O–H groups in total. The molecule has 6 rings (SSSR count). The second-order valence-corrected chi connectivity index (χ2v) is 9.09. The van der Waals surface area contributed by atoms with Gasteiger partial charge in [0.05, 0.1) is 24.0 Å². The predicted octanol–water partition coefficient (Wildman–Crippen LogP) is 6.16. The third-order valence-corrected chi connectivity index (χ3v) is 6.54. The average Bonchev–Trinajstić information content (AvgIpc) is 3.59. The number of carbonyl (C=O) groups is 2. The minimum Gasteiger partial charge on any atom is -0.465 e. The zero-order valence-electron chi connectivity index (χ0n) is 21.6. The van der Waals surface area contributed by atoms with Gasteiger partial charge >= 0.3 is 5.97 Å². The fourth-order valence-electron chi connectivity index (χ4n) is 4.58. The van der Waals surface area contributed by atoms with E-state index in [1.807, 2.05) is 97.2 Å². The molecule has 2 heterocycles. The predicted molar refractivity (Wildman–Crippen MR) is 155 cm³/mol. The van der Waals surface area contributed by atoms with Crippen molar-refractivity contribution in [2.75, 3.05) is 12.0 Å². The molecule has 0 fully saturated rings. The highest BCUT2D eigenvalue weighted by Crippen LogP contribution is 2.31. The quantitative estimate of drug-likeness (QED) is 0.197. The van der Waals surface area contributed by atoms with Gasteiger partial charge < -0.3 is 4.74 Å². The summed E-state index contributed by atoms with van der Waals surface area (Å²) in [5.41, 5.74) is 5.39. The molecule has 0 spiro atoms. The zero-order valence-corrected chi connectivity index (χ0v) is 21.6. The Morgan fingerprint density at radius 3 is 1.98 bits per heavy atom. The highest BCUT2D eigenvalue weighted by molar-refractivity contribution is 6.33. The molecular formula is C33H24N4O3. The number of aliphatic imine (C=N–C) groups is 1. The van der Waals surface area contributed by atoms with E-state index in [2.05, 4.69) is 0 Å². The number of anilines is 1. The van der Waals surface area contributed by atoms with Gasteiger partial charge in [0.25, 0.3) is 5.91 Å². The molecule has 0 aliphatic carbocycles. The van der Waals surface area contributed by atoms with Crippen molar-refractivity contribution in [2.45, 2.75) is 0 Å². The van der Waals surface area contributed by atoms with Crippen LogP contribution in [0.5, 0.6) is 0 Å². The Bertz CT molecular complexity index is 1740. The summed E-state index contributed by atoms with van der Waals surface area (Å²) >= 11 is 0.